The van der Waals surface area contributed by atoms with Crippen LogP contribution < -0.4 is 0 Å². The van der Waals surface area contributed by atoms with Gasteiger partial charge in [-0.05, 0) is 25.3 Å². The summed E-state index contributed by atoms with van der Waals surface area (Å²) < 4.78 is 5.25. The molecule has 104 valence electrons. The van der Waals surface area contributed by atoms with E-state index in [4.69, 9.17) is 4.52 Å². The summed E-state index contributed by atoms with van der Waals surface area (Å²) in [7, 11) is 1.80. The maximum atomic E-state index is 12.4. The van der Waals surface area contributed by atoms with Crippen molar-refractivity contribution in [3.05, 3.63) is 53.4 Å². The van der Waals surface area contributed by atoms with E-state index in [9.17, 15) is 4.79 Å². The summed E-state index contributed by atoms with van der Waals surface area (Å²) in [6.07, 6.45) is 2.28. The number of benzene rings is 1. The van der Waals surface area contributed by atoms with Gasteiger partial charge >= 0.3 is 0 Å². The molecule has 1 unspecified atom stereocenters. The predicted octanol–water partition coefficient (Wildman–Crippen LogP) is 3.39. The van der Waals surface area contributed by atoms with Crippen molar-refractivity contribution in [2.45, 2.75) is 31.7 Å². The molecule has 1 aromatic carbocycles. The number of amides is 1. The predicted molar refractivity (Wildman–Crippen MR) is 75.4 cm³/mol. The average Bonchev–Trinajstić information content (AvgIpc) is 3.23. The fourth-order valence-corrected chi connectivity index (χ4v) is 2.26. The number of nitrogens with zero attached hydrogens (tertiary/aromatic N) is 2. The molecule has 0 saturated heterocycles. The highest BCUT2D eigenvalue weighted by Gasteiger charge is 2.30. The van der Waals surface area contributed by atoms with Crippen LogP contribution in [0.4, 0.5) is 0 Å². The molecule has 20 heavy (non-hydrogen) atoms. The Morgan fingerprint density at radius 1 is 1.35 bits per heavy atom. The molecule has 1 aliphatic carbocycles. The molecule has 2 aromatic rings. The summed E-state index contributed by atoms with van der Waals surface area (Å²) in [5.41, 5.74) is 1.51. The zero-order valence-electron chi connectivity index (χ0n) is 11.7. The Morgan fingerprint density at radius 3 is 2.70 bits per heavy atom. The molecule has 1 heterocycles. The van der Waals surface area contributed by atoms with Crippen LogP contribution in [0.5, 0.6) is 0 Å². The van der Waals surface area contributed by atoms with Crippen molar-refractivity contribution in [2.24, 2.45) is 0 Å². The van der Waals surface area contributed by atoms with Gasteiger partial charge in [-0.2, -0.15) is 0 Å². The van der Waals surface area contributed by atoms with Crippen molar-refractivity contribution in [1.29, 1.82) is 0 Å². The van der Waals surface area contributed by atoms with Crippen LogP contribution >= 0.6 is 0 Å². The monoisotopic (exact) mass is 270 g/mol. The largest absolute Gasteiger partial charge is 0.360 e. The molecule has 0 spiro atoms. The fraction of sp³-hybridized carbons (Fsp3) is 0.375. The highest BCUT2D eigenvalue weighted by Crippen LogP contribution is 2.40. The molecule has 1 atom stereocenters. The molecular formula is C16H18N2O2. The van der Waals surface area contributed by atoms with E-state index >= 15 is 0 Å². The minimum absolute atomic E-state index is 0.00442. The van der Waals surface area contributed by atoms with Gasteiger partial charge in [0.05, 0.1) is 6.04 Å². The lowest BCUT2D eigenvalue weighted by Gasteiger charge is -2.24. The lowest BCUT2D eigenvalue weighted by molar-refractivity contribution is 0.0732. The van der Waals surface area contributed by atoms with Gasteiger partial charge in [0.2, 0.25) is 0 Å². The van der Waals surface area contributed by atoms with Gasteiger partial charge in [0.1, 0.15) is 5.76 Å². The molecule has 1 aromatic heterocycles. The summed E-state index contributed by atoms with van der Waals surface area (Å²) in [6.45, 7) is 2.01. The van der Waals surface area contributed by atoms with Crippen molar-refractivity contribution in [1.82, 2.24) is 10.1 Å². The van der Waals surface area contributed by atoms with Gasteiger partial charge < -0.3 is 9.42 Å². The van der Waals surface area contributed by atoms with E-state index in [-0.39, 0.29) is 11.9 Å². The Hall–Kier alpha value is -2.10. The lowest BCUT2D eigenvalue weighted by atomic mass is 10.1. The first-order valence-electron chi connectivity index (χ1n) is 6.95. The van der Waals surface area contributed by atoms with Crippen LogP contribution in [0, 0.1) is 0 Å². The Bertz CT molecular complexity index is 602. The Balaban J connectivity index is 1.75. The molecule has 0 N–H and O–H groups in total. The molecule has 1 aliphatic rings. The highest BCUT2D eigenvalue weighted by molar-refractivity contribution is 5.92. The third kappa shape index (κ3) is 2.46. The maximum absolute atomic E-state index is 12.4. The van der Waals surface area contributed by atoms with Crippen molar-refractivity contribution in [3.8, 4) is 0 Å². The number of aromatic nitrogens is 1. The summed E-state index contributed by atoms with van der Waals surface area (Å²) in [5, 5.41) is 3.91. The lowest BCUT2D eigenvalue weighted by Crippen LogP contribution is -2.29. The summed E-state index contributed by atoms with van der Waals surface area (Å²) in [6, 6.07) is 11.8. The van der Waals surface area contributed by atoms with Gasteiger partial charge in [0, 0.05) is 19.0 Å². The number of hydrogen-bond donors (Lipinski definition) is 0. The smallest absolute Gasteiger partial charge is 0.276 e. The van der Waals surface area contributed by atoms with Crippen molar-refractivity contribution < 1.29 is 9.32 Å². The zero-order chi connectivity index (χ0) is 14.1. The van der Waals surface area contributed by atoms with Gasteiger partial charge in [-0.1, -0.05) is 35.5 Å². The first-order chi connectivity index (χ1) is 9.66. The molecule has 1 amide bonds. The average molecular weight is 270 g/mol. The van der Waals surface area contributed by atoms with E-state index < -0.39 is 0 Å². The Labute approximate surface area is 118 Å². The molecule has 0 aliphatic heterocycles. The SMILES string of the molecule is CC(c1ccccc1)N(C)C(=O)c1cc(C2CC2)on1. The van der Waals surface area contributed by atoms with Crippen LogP contribution in [0.3, 0.4) is 0 Å². The Kier molecular flexibility index (Phi) is 3.30. The molecule has 1 saturated carbocycles. The van der Waals surface area contributed by atoms with E-state index in [1.54, 1.807) is 18.0 Å². The normalized spacial score (nSPS) is 15.9. The standard InChI is InChI=1S/C16H18N2O2/c1-11(12-6-4-3-5-7-12)18(2)16(19)14-10-15(20-17-14)13-8-9-13/h3-7,10-11,13H,8-9H2,1-2H3. The number of carbonyl (C=O) groups excluding carboxylic acids is 1. The van der Waals surface area contributed by atoms with E-state index in [1.165, 1.54) is 0 Å². The second-order valence-corrected chi connectivity index (χ2v) is 5.39. The van der Waals surface area contributed by atoms with Crippen molar-refractivity contribution in [3.63, 3.8) is 0 Å². The topological polar surface area (TPSA) is 46.3 Å². The fourth-order valence-electron chi connectivity index (χ4n) is 2.26. The van der Waals surface area contributed by atoms with E-state index in [0.29, 0.717) is 11.6 Å². The van der Waals surface area contributed by atoms with Gasteiger partial charge in [-0.25, -0.2) is 0 Å². The van der Waals surface area contributed by atoms with Crippen LogP contribution in [-0.2, 0) is 0 Å². The van der Waals surface area contributed by atoms with Gasteiger partial charge in [-0.15, -0.1) is 0 Å². The van der Waals surface area contributed by atoms with Crippen LogP contribution in [-0.4, -0.2) is 23.0 Å². The van der Waals surface area contributed by atoms with Crippen molar-refractivity contribution >= 4 is 5.91 Å². The first kappa shape index (κ1) is 12.9. The molecule has 3 rings (SSSR count). The summed E-state index contributed by atoms with van der Waals surface area (Å²) >= 11 is 0. The van der Waals surface area contributed by atoms with Gasteiger partial charge in [0.15, 0.2) is 5.69 Å². The molecule has 0 radical (unpaired) electrons. The quantitative estimate of drug-likeness (QED) is 0.855. The van der Waals surface area contributed by atoms with Crippen LogP contribution in [0.1, 0.15) is 53.5 Å². The minimum Gasteiger partial charge on any atom is -0.360 e. The van der Waals surface area contributed by atoms with Gasteiger partial charge in [-0.3, -0.25) is 4.79 Å². The third-order valence-corrected chi connectivity index (χ3v) is 3.91. The summed E-state index contributed by atoms with van der Waals surface area (Å²) in [5.74, 6) is 1.21. The van der Waals surface area contributed by atoms with Crippen LogP contribution in [0.25, 0.3) is 0 Å². The highest BCUT2D eigenvalue weighted by atomic mass is 16.5. The molecule has 4 heteroatoms. The molecular weight excluding hydrogens is 252 g/mol. The maximum Gasteiger partial charge on any atom is 0.276 e. The van der Waals surface area contributed by atoms with Crippen molar-refractivity contribution in [2.75, 3.05) is 7.05 Å². The minimum atomic E-state index is -0.1000. The molecule has 0 bridgehead atoms. The molecule has 4 nitrogen and oxygen atoms in total. The number of rotatable bonds is 4. The Morgan fingerprint density at radius 2 is 2.05 bits per heavy atom. The molecule has 1 fully saturated rings. The van der Waals surface area contributed by atoms with E-state index in [0.717, 1.165) is 24.2 Å². The van der Waals surface area contributed by atoms with Crippen LogP contribution in [0.15, 0.2) is 40.9 Å². The first-order valence-corrected chi connectivity index (χ1v) is 6.95. The second-order valence-electron chi connectivity index (χ2n) is 5.39. The number of hydrogen-bond acceptors (Lipinski definition) is 3. The van der Waals surface area contributed by atoms with E-state index in [1.807, 2.05) is 37.3 Å². The van der Waals surface area contributed by atoms with E-state index in [2.05, 4.69) is 5.16 Å². The second kappa shape index (κ2) is 5.12. The third-order valence-electron chi connectivity index (χ3n) is 3.91. The van der Waals surface area contributed by atoms with Crippen LogP contribution in [0.2, 0.25) is 0 Å². The number of carbonyl (C=O) groups is 1. The summed E-state index contributed by atoms with van der Waals surface area (Å²) in [4.78, 5) is 14.1. The van der Waals surface area contributed by atoms with Gasteiger partial charge in [0.25, 0.3) is 5.91 Å². The zero-order valence-corrected chi connectivity index (χ0v) is 11.7.